The average Bonchev–Trinajstić information content (AvgIpc) is 2.91. The molecule has 0 saturated carbocycles. The van der Waals surface area contributed by atoms with Crippen LogP contribution in [-0.4, -0.2) is 25.7 Å². The van der Waals surface area contributed by atoms with E-state index in [4.69, 9.17) is 5.84 Å². The highest BCUT2D eigenvalue weighted by Crippen LogP contribution is 2.22. The van der Waals surface area contributed by atoms with E-state index in [1.807, 2.05) is 24.3 Å². The van der Waals surface area contributed by atoms with Crippen molar-refractivity contribution in [3.63, 3.8) is 0 Å². The van der Waals surface area contributed by atoms with Crippen LogP contribution in [0.15, 0.2) is 36.7 Å². The molecule has 0 spiro atoms. The summed E-state index contributed by atoms with van der Waals surface area (Å²) in [7, 11) is 1.68. The Bertz CT molecular complexity index is 811. The highest BCUT2D eigenvalue weighted by atomic mass is 16.2. The normalized spacial score (nSPS) is 10.6. The first kappa shape index (κ1) is 13.0. The van der Waals surface area contributed by atoms with Crippen LogP contribution in [0.2, 0.25) is 0 Å². The van der Waals surface area contributed by atoms with E-state index in [0.717, 1.165) is 5.39 Å². The third kappa shape index (κ3) is 2.39. The van der Waals surface area contributed by atoms with Crippen LogP contribution in [0.1, 0.15) is 10.5 Å². The van der Waals surface area contributed by atoms with Gasteiger partial charge in [0, 0.05) is 12.4 Å². The van der Waals surface area contributed by atoms with Crippen LogP contribution in [0.5, 0.6) is 0 Å². The zero-order valence-electron chi connectivity index (χ0n) is 11.2. The molecular weight excluding hydrogens is 270 g/mol. The third-order valence-corrected chi connectivity index (χ3v) is 3.04. The van der Waals surface area contributed by atoms with Gasteiger partial charge < -0.3 is 5.43 Å². The van der Waals surface area contributed by atoms with E-state index in [1.165, 1.54) is 11.0 Å². The first-order valence-corrected chi connectivity index (χ1v) is 6.21. The Balaban J connectivity index is 2.00. The Labute approximate surface area is 120 Å². The SMILES string of the molecule is Cn1ncnc1NC(=O)c1cc(NN)c2ccccc2n1. The molecule has 0 saturated heterocycles. The fraction of sp³-hybridized carbons (Fsp3) is 0.0769. The Morgan fingerprint density at radius 3 is 2.86 bits per heavy atom. The van der Waals surface area contributed by atoms with Crippen molar-refractivity contribution in [3.05, 3.63) is 42.4 Å². The molecule has 0 aliphatic carbocycles. The van der Waals surface area contributed by atoms with Gasteiger partial charge in [0.1, 0.15) is 12.0 Å². The molecule has 0 aliphatic rings. The molecule has 3 aromatic rings. The maximum absolute atomic E-state index is 12.3. The number of nitrogens with two attached hydrogens (primary N) is 1. The predicted molar refractivity (Wildman–Crippen MR) is 78.5 cm³/mol. The number of rotatable bonds is 3. The van der Waals surface area contributed by atoms with Crippen LogP contribution in [0.4, 0.5) is 11.6 Å². The molecule has 0 aliphatic heterocycles. The highest BCUT2D eigenvalue weighted by Gasteiger charge is 2.13. The number of nitrogens with one attached hydrogen (secondary N) is 2. The van der Waals surface area contributed by atoms with Gasteiger partial charge in [-0.15, -0.1) is 0 Å². The Kier molecular flexibility index (Phi) is 3.20. The number of hydrazine groups is 1. The first-order valence-electron chi connectivity index (χ1n) is 6.21. The van der Waals surface area contributed by atoms with E-state index in [0.29, 0.717) is 17.2 Å². The molecule has 4 N–H and O–H groups in total. The molecule has 1 amide bonds. The average molecular weight is 283 g/mol. The van der Waals surface area contributed by atoms with Crippen molar-refractivity contribution in [1.82, 2.24) is 19.7 Å². The molecule has 0 radical (unpaired) electrons. The summed E-state index contributed by atoms with van der Waals surface area (Å²) in [5, 5.41) is 7.37. The summed E-state index contributed by atoms with van der Waals surface area (Å²) in [5.74, 6) is 5.47. The lowest BCUT2D eigenvalue weighted by Gasteiger charge is -2.09. The van der Waals surface area contributed by atoms with Crippen LogP contribution in [0.25, 0.3) is 10.9 Å². The second-order valence-corrected chi connectivity index (χ2v) is 4.38. The second kappa shape index (κ2) is 5.17. The molecule has 8 heteroatoms. The summed E-state index contributed by atoms with van der Waals surface area (Å²) in [5.41, 5.74) is 4.13. The van der Waals surface area contributed by atoms with Gasteiger partial charge in [0.25, 0.3) is 5.91 Å². The first-order chi connectivity index (χ1) is 10.2. The molecule has 2 heterocycles. The van der Waals surface area contributed by atoms with Crippen molar-refractivity contribution in [2.24, 2.45) is 12.9 Å². The van der Waals surface area contributed by atoms with E-state index in [9.17, 15) is 4.79 Å². The standard InChI is InChI=1S/C13H13N7O/c1-20-13(15-7-16-20)18-12(21)11-6-10(19-14)8-4-2-3-5-9(8)17-11/h2-7H,14H2,1H3,(H,17,19)(H,15,16,18,21). The summed E-state index contributed by atoms with van der Waals surface area (Å²) < 4.78 is 1.46. The number of fused-ring (bicyclic) bond motifs is 1. The van der Waals surface area contributed by atoms with Gasteiger partial charge in [0.05, 0.1) is 11.2 Å². The van der Waals surface area contributed by atoms with Crippen LogP contribution < -0.4 is 16.6 Å². The molecule has 0 bridgehead atoms. The molecule has 3 rings (SSSR count). The monoisotopic (exact) mass is 283 g/mol. The van der Waals surface area contributed by atoms with E-state index in [2.05, 4.69) is 25.8 Å². The molecule has 0 fully saturated rings. The summed E-state index contributed by atoms with van der Waals surface area (Å²) in [6.45, 7) is 0. The number of amides is 1. The zero-order chi connectivity index (χ0) is 14.8. The molecule has 1 aromatic carbocycles. The minimum Gasteiger partial charge on any atom is -0.323 e. The van der Waals surface area contributed by atoms with E-state index >= 15 is 0 Å². The topological polar surface area (TPSA) is 111 Å². The third-order valence-electron chi connectivity index (χ3n) is 3.04. The van der Waals surface area contributed by atoms with Gasteiger partial charge in [-0.2, -0.15) is 10.1 Å². The molecule has 8 nitrogen and oxygen atoms in total. The number of pyridine rings is 1. The summed E-state index contributed by atoms with van der Waals surface area (Å²) in [6.07, 6.45) is 1.36. The summed E-state index contributed by atoms with van der Waals surface area (Å²) in [6, 6.07) is 9.01. The number of nitrogen functional groups attached to an aromatic ring is 1. The number of aryl methyl sites for hydroxylation is 1. The van der Waals surface area contributed by atoms with Gasteiger partial charge in [0.2, 0.25) is 5.95 Å². The van der Waals surface area contributed by atoms with Crippen LogP contribution in [0, 0.1) is 0 Å². The number of hydrogen-bond donors (Lipinski definition) is 3. The van der Waals surface area contributed by atoms with E-state index in [1.54, 1.807) is 13.1 Å². The van der Waals surface area contributed by atoms with Crippen LogP contribution >= 0.6 is 0 Å². The number of anilines is 2. The molecule has 0 unspecified atom stereocenters. The largest absolute Gasteiger partial charge is 0.323 e. The van der Waals surface area contributed by atoms with Crippen molar-refractivity contribution in [2.45, 2.75) is 0 Å². The molecule has 21 heavy (non-hydrogen) atoms. The molecular formula is C13H13N7O. The number of benzene rings is 1. The van der Waals surface area contributed by atoms with E-state index in [-0.39, 0.29) is 11.6 Å². The van der Waals surface area contributed by atoms with Crippen molar-refractivity contribution < 1.29 is 4.79 Å². The van der Waals surface area contributed by atoms with Crippen LogP contribution in [0.3, 0.4) is 0 Å². The van der Waals surface area contributed by atoms with Crippen molar-refractivity contribution in [2.75, 3.05) is 10.7 Å². The van der Waals surface area contributed by atoms with Crippen molar-refractivity contribution >= 4 is 28.4 Å². The molecule has 0 atom stereocenters. The highest BCUT2D eigenvalue weighted by molar-refractivity contribution is 6.05. The van der Waals surface area contributed by atoms with Gasteiger partial charge in [-0.05, 0) is 12.1 Å². The van der Waals surface area contributed by atoms with Gasteiger partial charge in [-0.3, -0.25) is 16.0 Å². The van der Waals surface area contributed by atoms with Crippen molar-refractivity contribution in [3.8, 4) is 0 Å². The fourth-order valence-corrected chi connectivity index (χ4v) is 1.99. The minimum atomic E-state index is -0.381. The summed E-state index contributed by atoms with van der Waals surface area (Å²) >= 11 is 0. The lowest BCUT2D eigenvalue weighted by Crippen LogP contribution is -2.18. The quantitative estimate of drug-likeness (QED) is 0.486. The molecule has 2 aromatic heterocycles. The summed E-state index contributed by atoms with van der Waals surface area (Å²) in [4.78, 5) is 20.5. The number of hydrogen-bond acceptors (Lipinski definition) is 6. The van der Waals surface area contributed by atoms with Crippen LogP contribution in [-0.2, 0) is 7.05 Å². The number of aromatic nitrogens is 4. The Morgan fingerprint density at radius 1 is 1.33 bits per heavy atom. The second-order valence-electron chi connectivity index (χ2n) is 4.38. The predicted octanol–water partition coefficient (Wildman–Crippen LogP) is 0.901. The van der Waals surface area contributed by atoms with Gasteiger partial charge in [0.15, 0.2) is 0 Å². The van der Waals surface area contributed by atoms with Crippen molar-refractivity contribution in [1.29, 1.82) is 0 Å². The Morgan fingerprint density at radius 2 is 2.14 bits per heavy atom. The number of para-hydroxylation sites is 1. The maximum Gasteiger partial charge on any atom is 0.276 e. The molecule has 106 valence electrons. The lowest BCUT2D eigenvalue weighted by atomic mass is 10.1. The maximum atomic E-state index is 12.3. The van der Waals surface area contributed by atoms with Gasteiger partial charge in [-0.25, -0.2) is 9.67 Å². The van der Waals surface area contributed by atoms with Gasteiger partial charge >= 0.3 is 0 Å². The number of nitrogens with zero attached hydrogens (tertiary/aromatic N) is 4. The van der Waals surface area contributed by atoms with Gasteiger partial charge in [-0.1, -0.05) is 18.2 Å². The zero-order valence-corrected chi connectivity index (χ0v) is 11.2. The smallest absolute Gasteiger partial charge is 0.276 e. The Hall–Kier alpha value is -3.00. The fourth-order valence-electron chi connectivity index (χ4n) is 1.99. The number of carbonyl (C=O) groups is 1. The lowest BCUT2D eigenvalue weighted by molar-refractivity contribution is 0.102. The minimum absolute atomic E-state index is 0.240. The number of carbonyl (C=O) groups excluding carboxylic acids is 1. The van der Waals surface area contributed by atoms with E-state index < -0.39 is 0 Å².